The zero-order valence-electron chi connectivity index (χ0n) is 19.4. The first kappa shape index (κ1) is 21.5. The average Bonchev–Trinajstić information content (AvgIpc) is 2.90. The summed E-state index contributed by atoms with van der Waals surface area (Å²) in [5, 5.41) is 9.57. The van der Waals surface area contributed by atoms with Gasteiger partial charge in [0.1, 0.15) is 0 Å². The minimum Gasteiger partial charge on any atom is -0.355 e. The standard InChI is InChI=1S/C32H28N2/c1-3-23-10-7-13-31(29(23)4-2)33-27-19-15-24(16-20-27)25-17-21-28(22-18-25)34-32-14-8-11-26-9-5-6-12-30(26)32/h4-22,33-34H,2-3H2,1H3. The number of fused-ring (bicyclic) bond motifs is 1. The van der Waals surface area contributed by atoms with E-state index in [4.69, 9.17) is 0 Å². The first-order valence-corrected chi connectivity index (χ1v) is 11.7. The molecule has 5 aromatic carbocycles. The van der Waals surface area contributed by atoms with Crippen molar-refractivity contribution in [2.75, 3.05) is 10.6 Å². The van der Waals surface area contributed by atoms with Gasteiger partial charge in [0.15, 0.2) is 0 Å². The molecule has 0 aromatic heterocycles. The van der Waals surface area contributed by atoms with Crippen molar-refractivity contribution < 1.29 is 0 Å². The van der Waals surface area contributed by atoms with Gasteiger partial charge in [-0.3, -0.25) is 0 Å². The SMILES string of the molecule is C=Cc1c(CC)cccc1Nc1ccc(-c2ccc(Nc3cccc4ccccc34)cc2)cc1. The largest absolute Gasteiger partial charge is 0.355 e. The number of benzene rings is 5. The third kappa shape index (κ3) is 4.44. The lowest BCUT2D eigenvalue weighted by Crippen LogP contribution is -1.96. The lowest BCUT2D eigenvalue weighted by Gasteiger charge is -2.14. The molecule has 0 spiro atoms. The van der Waals surface area contributed by atoms with Crippen LogP contribution in [0.2, 0.25) is 0 Å². The quantitative estimate of drug-likeness (QED) is 0.263. The van der Waals surface area contributed by atoms with E-state index in [0.29, 0.717) is 0 Å². The van der Waals surface area contributed by atoms with Crippen molar-refractivity contribution in [3.63, 3.8) is 0 Å². The van der Waals surface area contributed by atoms with Crippen molar-refractivity contribution in [3.8, 4) is 11.1 Å². The molecule has 5 rings (SSSR count). The van der Waals surface area contributed by atoms with Crippen molar-refractivity contribution in [1.29, 1.82) is 0 Å². The van der Waals surface area contributed by atoms with Gasteiger partial charge in [0.25, 0.3) is 0 Å². The zero-order chi connectivity index (χ0) is 23.3. The summed E-state index contributed by atoms with van der Waals surface area (Å²) in [6, 6.07) is 38.3. The second kappa shape index (κ2) is 9.68. The fourth-order valence-corrected chi connectivity index (χ4v) is 4.41. The van der Waals surface area contributed by atoms with Crippen LogP contribution in [0.5, 0.6) is 0 Å². The van der Waals surface area contributed by atoms with Crippen molar-refractivity contribution >= 4 is 39.6 Å². The van der Waals surface area contributed by atoms with Crippen LogP contribution in [0.3, 0.4) is 0 Å². The molecule has 0 unspecified atom stereocenters. The molecule has 0 aliphatic carbocycles. The predicted molar refractivity (Wildman–Crippen MR) is 148 cm³/mol. The Hall–Kier alpha value is -4.30. The molecule has 0 aliphatic rings. The smallest absolute Gasteiger partial charge is 0.0463 e. The molecule has 0 aliphatic heterocycles. The van der Waals surface area contributed by atoms with Crippen molar-refractivity contribution in [1.82, 2.24) is 0 Å². The van der Waals surface area contributed by atoms with E-state index >= 15 is 0 Å². The molecule has 5 aromatic rings. The summed E-state index contributed by atoms with van der Waals surface area (Å²) in [6.45, 7) is 6.17. The fraction of sp³-hybridized carbons (Fsp3) is 0.0625. The topological polar surface area (TPSA) is 24.1 Å². The van der Waals surface area contributed by atoms with E-state index in [1.165, 1.54) is 33.0 Å². The van der Waals surface area contributed by atoms with Crippen LogP contribution in [0.25, 0.3) is 28.0 Å². The van der Waals surface area contributed by atoms with Gasteiger partial charge in [-0.1, -0.05) is 92.4 Å². The Morgan fingerprint density at radius 1 is 0.618 bits per heavy atom. The summed E-state index contributed by atoms with van der Waals surface area (Å²) in [6.07, 6.45) is 2.92. The molecule has 0 atom stereocenters. The van der Waals surface area contributed by atoms with Crippen molar-refractivity contribution in [2.45, 2.75) is 13.3 Å². The van der Waals surface area contributed by atoms with Gasteiger partial charge in [0, 0.05) is 33.7 Å². The van der Waals surface area contributed by atoms with Gasteiger partial charge in [-0.25, -0.2) is 0 Å². The Morgan fingerprint density at radius 2 is 1.18 bits per heavy atom. The summed E-state index contributed by atoms with van der Waals surface area (Å²) in [5.74, 6) is 0. The van der Waals surface area contributed by atoms with Gasteiger partial charge >= 0.3 is 0 Å². The Morgan fingerprint density at radius 3 is 1.82 bits per heavy atom. The number of aryl methyl sites for hydroxylation is 1. The lowest BCUT2D eigenvalue weighted by molar-refractivity contribution is 1.13. The number of nitrogens with one attached hydrogen (secondary N) is 2. The molecule has 166 valence electrons. The summed E-state index contributed by atoms with van der Waals surface area (Å²) in [5.41, 5.74) is 9.19. The Labute approximate surface area is 201 Å². The lowest BCUT2D eigenvalue weighted by atomic mass is 10.0. The maximum absolute atomic E-state index is 4.00. The van der Waals surface area contributed by atoms with Crippen LogP contribution in [0.15, 0.2) is 116 Å². The Balaban J connectivity index is 1.32. The van der Waals surface area contributed by atoms with Crippen LogP contribution in [-0.4, -0.2) is 0 Å². The van der Waals surface area contributed by atoms with Crippen LogP contribution in [0.1, 0.15) is 18.1 Å². The van der Waals surface area contributed by atoms with Crippen molar-refractivity contribution in [2.24, 2.45) is 0 Å². The molecular formula is C32H28N2. The second-order valence-corrected chi connectivity index (χ2v) is 8.37. The molecule has 0 heterocycles. The van der Waals surface area contributed by atoms with E-state index in [1.54, 1.807) is 0 Å². The summed E-state index contributed by atoms with van der Waals surface area (Å²) in [4.78, 5) is 0. The second-order valence-electron chi connectivity index (χ2n) is 8.37. The molecule has 0 amide bonds. The summed E-state index contributed by atoms with van der Waals surface area (Å²) >= 11 is 0. The molecular weight excluding hydrogens is 412 g/mol. The van der Waals surface area contributed by atoms with E-state index in [9.17, 15) is 0 Å². The van der Waals surface area contributed by atoms with Gasteiger partial charge in [-0.2, -0.15) is 0 Å². The minimum absolute atomic E-state index is 0.987. The fourth-order valence-electron chi connectivity index (χ4n) is 4.41. The van der Waals surface area contributed by atoms with E-state index in [2.05, 4.69) is 133 Å². The van der Waals surface area contributed by atoms with Crippen LogP contribution in [0.4, 0.5) is 22.7 Å². The maximum atomic E-state index is 4.00. The monoisotopic (exact) mass is 440 g/mol. The molecule has 0 saturated heterocycles. The molecule has 2 nitrogen and oxygen atoms in total. The van der Waals surface area contributed by atoms with E-state index < -0.39 is 0 Å². The molecule has 2 heteroatoms. The number of hydrogen-bond acceptors (Lipinski definition) is 2. The molecule has 0 bridgehead atoms. The van der Waals surface area contributed by atoms with Crippen LogP contribution in [0, 0.1) is 0 Å². The third-order valence-electron chi connectivity index (χ3n) is 6.23. The van der Waals surface area contributed by atoms with Crippen molar-refractivity contribution in [3.05, 3.63) is 127 Å². The Bertz CT molecular complexity index is 1430. The number of anilines is 4. The van der Waals surface area contributed by atoms with Gasteiger partial charge in [0.2, 0.25) is 0 Å². The highest BCUT2D eigenvalue weighted by molar-refractivity contribution is 5.95. The van der Waals surface area contributed by atoms with E-state index in [-0.39, 0.29) is 0 Å². The summed E-state index contributed by atoms with van der Waals surface area (Å²) < 4.78 is 0. The number of hydrogen-bond donors (Lipinski definition) is 2. The van der Waals surface area contributed by atoms with Gasteiger partial charge in [0.05, 0.1) is 0 Å². The summed E-state index contributed by atoms with van der Waals surface area (Å²) in [7, 11) is 0. The highest BCUT2D eigenvalue weighted by Crippen LogP contribution is 2.30. The normalized spacial score (nSPS) is 10.7. The van der Waals surface area contributed by atoms with Crippen LogP contribution < -0.4 is 10.6 Å². The zero-order valence-corrected chi connectivity index (χ0v) is 19.4. The van der Waals surface area contributed by atoms with Crippen LogP contribution >= 0.6 is 0 Å². The minimum atomic E-state index is 0.987. The molecule has 2 N–H and O–H groups in total. The first-order valence-electron chi connectivity index (χ1n) is 11.7. The maximum Gasteiger partial charge on any atom is 0.0463 e. The Kier molecular flexibility index (Phi) is 6.13. The molecule has 34 heavy (non-hydrogen) atoms. The highest BCUT2D eigenvalue weighted by Gasteiger charge is 2.06. The average molecular weight is 441 g/mol. The van der Waals surface area contributed by atoms with E-state index in [1.807, 2.05) is 6.08 Å². The third-order valence-corrected chi connectivity index (χ3v) is 6.23. The van der Waals surface area contributed by atoms with Gasteiger partial charge in [-0.05, 0) is 64.9 Å². The first-order chi connectivity index (χ1) is 16.7. The molecule has 0 saturated carbocycles. The van der Waals surface area contributed by atoms with Crippen LogP contribution in [-0.2, 0) is 6.42 Å². The highest BCUT2D eigenvalue weighted by atomic mass is 14.9. The van der Waals surface area contributed by atoms with Gasteiger partial charge in [-0.15, -0.1) is 0 Å². The van der Waals surface area contributed by atoms with E-state index in [0.717, 1.165) is 29.2 Å². The molecule has 0 radical (unpaired) electrons. The molecule has 0 fully saturated rings. The number of rotatable bonds is 7. The predicted octanol–water partition coefficient (Wildman–Crippen LogP) is 9.20. The van der Waals surface area contributed by atoms with Gasteiger partial charge < -0.3 is 10.6 Å².